The van der Waals surface area contributed by atoms with Crippen LogP contribution in [0.2, 0.25) is 0 Å². The van der Waals surface area contributed by atoms with Crippen LogP contribution >= 0.6 is 0 Å². The molecule has 1 saturated heterocycles. The first-order valence-corrected chi connectivity index (χ1v) is 23.7. The van der Waals surface area contributed by atoms with Crippen molar-refractivity contribution in [2.24, 2.45) is 0 Å². The first kappa shape index (κ1) is 53.6. The monoisotopic (exact) mass is 812 g/mol. The molecule has 0 radical (unpaired) electrons. The van der Waals surface area contributed by atoms with Crippen molar-refractivity contribution in [3.63, 3.8) is 0 Å². The number of rotatable bonds is 39. The van der Waals surface area contributed by atoms with Gasteiger partial charge < -0.3 is 45.4 Å². The maximum absolute atomic E-state index is 13.0. The highest BCUT2D eigenvalue weighted by Crippen LogP contribution is 2.23. The lowest BCUT2D eigenvalue weighted by molar-refractivity contribution is -0.302. The second-order valence-electron chi connectivity index (χ2n) is 16.7. The van der Waals surface area contributed by atoms with Gasteiger partial charge in [0.15, 0.2) is 6.29 Å². The molecule has 0 aromatic carbocycles. The first-order chi connectivity index (χ1) is 27.8. The fourth-order valence-corrected chi connectivity index (χ4v) is 7.45. The molecule has 0 spiro atoms. The maximum Gasteiger partial charge on any atom is 0.249 e. The minimum absolute atomic E-state index is 0.304. The van der Waals surface area contributed by atoms with Gasteiger partial charge in [-0.3, -0.25) is 4.79 Å². The zero-order valence-corrected chi connectivity index (χ0v) is 36.5. The lowest BCUT2D eigenvalue weighted by Gasteiger charge is -2.40. The maximum atomic E-state index is 13.0. The molecule has 1 rings (SSSR count). The highest BCUT2D eigenvalue weighted by Gasteiger charge is 2.44. The van der Waals surface area contributed by atoms with Crippen LogP contribution in [0.1, 0.15) is 206 Å². The molecular formula is C47H89NO9. The molecule has 10 nitrogen and oxygen atoms in total. The van der Waals surface area contributed by atoms with Gasteiger partial charge in [-0.2, -0.15) is 0 Å². The molecule has 1 heterocycles. The quantitative estimate of drug-likeness (QED) is 0.0237. The van der Waals surface area contributed by atoms with Crippen LogP contribution in [0.4, 0.5) is 0 Å². The molecule has 0 aromatic heterocycles. The van der Waals surface area contributed by atoms with E-state index in [0.717, 1.165) is 44.9 Å². The smallest absolute Gasteiger partial charge is 0.249 e. The second-order valence-corrected chi connectivity index (χ2v) is 16.7. The highest BCUT2D eigenvalue weighted by molar-refractivity contribution is 5.80. The number of allylic oxidation sites excluding steroid dienone is 3. The summed E-state index contributed by atoms with van der Waals surface area (Å²) in [6.45, 7) is 3.60. The van der Waals surface area contributed by atoms with Gasteiger partial charge in [0.25, 0.3) is 0 Å². The molecule has 0 aromatic rings. The Morgan fingerprint density at radius 3 is 1.47 bits per heavy atom. The van der Waals surface area contributed by atoms with Crippen molar-refractivity contribution >= 4 is 5.91 Å². The molecule has 336 valence electrons. The minimum Gasteiger partial charge on any atom is -0.394 e. The number of ether oxygens (including phenoxy) is 2. The van der Waals surface area contributed by atoms with Crippen LogP contribution < -0.4 is 5.32 Å². The van der Waals surface area contributed by atoms with E-state index in [1.165, 1.54) is 135 Å². The fourth-order valence-electron chi connectivity index (χ4n) is 7.45. The number of aliphatic hydroxyl groups is 6. The average molecular weight is 812 g/mol. The fraction of sp³-hybridized carbons (Fsp3) is 0.894. The number of amides is 1. The molecule has 1 aliphatic rings. The van der Waals surface area contributed by atoms with E-state index in [4.69, 9.17) is 9.47 Å². The third-order valence-electron chi connectivity index (χ3n) is 11.4. The van der Waals surface area contributed by atoms with E-state index in [2.05, 4.69) is 31.3 Å². The molecular weight excluding hydrogens is 723 g/mol. The second kappa shape index (κ2) is 37.6. The molecule has 8 unspecified atom stereocenters. The van der Waals surface area contributed by atoms with Gasteiger partial charge in [0.1, 0.15) is 30.5 Å². The van der Waals surface area contributed by atoms with E-state index in [0.29, 0.717) is 12.8 Å². The number of carbonyl (C=O) groups excluding carboxylic acids is 1. The Labute approximate surface area is 348 Å². The van der Waals surface area contributed by atoms with Gasteiger partial charge in [0.05, 0.1) is 25.4 Å². The summed E-state index contributed by atoms with van der Waals surface area (Å²) in [5.74, 6) is -0.621. The average Bonchev–Trinajstić information content (AvgIpc) is 3.21. The lowest BCUT2D eigenvalue weighted by Crippen LogP contribution is -2.60. The third-order valence-corrected chi connectivity index (χ3v) is 11.4. The van der Waals surface area contributed by atoms with Crippen molar-refractivity contribution in [3.05, 3.63) is 24.3 Å². The largest absolute Gasteiger partial charge is 0.394 e. The van der Waals surface area contributed by atoms with E-state index in [1.807, 2.05) is 6.08 Å². The van der Waals surface area contributed by atoms with Gasteiger partial charge in [0, 0.05) is 0 Å². The van der Waals surface area contributed by atoms with Gasteiger partial charge in [-0.25, -0.2) is 0 Å². The Bertz CT molecular complexity index is 963. The zero-order valence-electron chi connectivity index (χ0n) is 36.5. The summed E-state index contributed by atoms with van der Waals surface area (Å²) in [7, 11) is 0. The van der Waals surface area contributed by atoms with Crippen LogP contribution in [0.25, 0.3) is 0 Å². The predicted octanol–water partition coefficient (Wildman–Crippen LogP) is 8.86. The van der Waals surface area contributed by atoms with Gasteiger partial charge in [0.2, 0.25) is 5.91 Å². The van der Waals surface area contributed by atoms with Crippen LogP contribution in [-0.4, -0.2) is 98.7 Å². The summed E-state index contributed by atoms with van der Waals surface area (Å²) in [4.78, 5) is 13.0. The van der Waals surface area contributed by atoms with Crippen LogP contribution in [0.15, 0.2) is 24.3 Å². The molecule has 1 aliphatic heterocycles. The number of aliphatic hydroxyl groups excluding tert-OH is 6. The van der Waals surface area contributed by atoms with Gasteiger partial charge in [-0.05, 0) is 44.9 Å². The first-order valence-electron chi connectivity index (χ1n) is 23.7. The molecule has 10 heteroatoms. The topological polar surface area (TPSA) is 169 Å². The molecule has 1 amide bonds. The Hall–Kier alpha value is -1.37. The molecule has 7 N–H and O–H groups in total. The van der Waals surface area contributed by atoms with Gasteiger partial charge >= 0.3 is 0 Å². The van der Waals surface area contributed by atoms with Crippen LogP contribution in [0.3, 0.4) is 0 Å². The van der Waals surface area contributed by atoms with Crippen molar-refractivity contribution < 1.29 is 44.9 Å². The molecule has 1 fully saturated rings. The van der Waals surface area contributed by atoms with Gasteiger partial charge in [-0.15, -0.1) is 0 Å². The summed E-state index contributed by atoms with van der Waals surface area (Å²) < 4.78 is 11.1. The van der Waals surface area contributed by atoms with Crippen molar-refractivity contribution in [1.29, 1.82) is 0 Å². The highest BCUT2D eigenvalue weighted by atomic mass is 16.7. The molecule has 8 atom stereocenters. The van der Waals surface area contributed by atoms with Crippen molar-refractivity contribution in [2.75, 3.05) is 13.2 Å². The Kier molecular flexibility index (Phi) is 35.4. The SMILES string of the molecule is CCCCCCCCCCC/C=C\CCCCCCCCC(O)C(=O)NC(COC1OC(CO)C(O)C(O)C1O)C(O)/C=C/CCCCCCCCCCCCC. The Balaban J connectivity index is 2.39. The summed E-state index contributed by atoms with van der Waals surface area (Å²) in [6, 6.07) is -0.979. The van der Waals surface area contributed by atoms with E-state index in [-0.39, 0.29) is 6.61 Å². The molecule has 0 bridgehead atoms. The van der Waals surface area contributed by atoms with Gasteiger partial charge in [-0.1, -0.05) is 186 Å². The summed E-state index contributed by atoms with van der Waals surface area (Å²) in [5.41, 5.74) is 0. The Morgan fingerprint density at radius 1 is 0.596 bits per heavy atom. The predicted molar refractivity (Wildman–Crippen MR) is 232 cm³/mol. The van der Waals surface area contributed by atoms with Crippen LogP contribution in [0.5, 0.6) is 0 Å². The summed E-state index contributed by atoms with van der Waals surface area (Å²) >= 11 is 0. The summed E-state index contributed by atoms with van der Waals surface area (Å²) in [5, 5.41) is 64.6. The molecule has 0 aliphatic carbocycles. The van der Waals surface area contributed by atoms with Crippen LogP contribution in [-0.2, 0) is 14.3 Å². The van der Waals surface area contributed by atoms with E-state index >= 15 is 0 Å². The standard InChI is InChI=1S/C47H89NO9/c1-3-5-7-9-11-13-15-17-18-19-20-21-22-24-26-28-30-32-34-36-41(51)46(55)48-39(38-56-47-45(54)44(53)43(52)42(37-49)57-47)40(50)35-33-31-29-27-25-23-16-14-12-10-8-6-4-2/h20-21,33,35,39-45,47,49-54H,3-19,22-32,34,36-38H2,1-2H3,(H,48,55)/b21-20-,35-33+. The number of nitrogens with one attached hydrogen (secondary N) is 1. The number of unbranched alkanes of at least 4 members (excludes halogenated alkanes) is 26. The zero-order chi connectivity index (χ0) is 41.8. The van der Waals surface area contributed by atoms with E-state index in [9.17, 15) is 35.4 Å². The number of carbonyl (C=O) groups is 1. The lowest BCUT2D eigenvalue weighted by atomic mass is 9.99. The van der Waals surface area contributed by atoms with Crippen molar-refractivity contribution in [3.8, 4) is 0 Å². The van der Waals surface area contributed by atoms with E-state index < -0.39 is 61.5 Å². The summed E-state index contributed by atoms with van der Waals surface area (Å²) in [6.07, 6.45) is 34.0. The Morgan fingerprint density at radius 2 is 1.02 bits per heavy atom. The number of hydrogen-bond acceptors (Lipinski definition) is 9. The van der Waals surface area contributed by atoms with Crippen molar-refractivity contribution in [2.45, 2.75) is 255 Å². The van der Waals surface area contributed by atoms with Crippen molar-refractivity contribution in [1.82, 2.24) is 5.32 Å². The third kappa shape index (κ3) is 27.9. The molecule has 57 heavy (non-hydrogen) atoms. The number of hydrogen-bond donors (Lipinski definition) is 7. The minimum atomic E-state index is -1.61. The normalized spacial score (nSPS) is 21.7. The van der Waals surface area contributed by atoms with Crippen LogP contribution in [0, 0.1) is 0 Å². The molecule has 0 saturated carbocycles. The van der Waals surface area contributed by atoms with E-state index in [1.54, 1.807) is 6.08 Å².